The normalized spacial score (nSPS) is 10.6. The number of benzene rings is 1. The van der Waals surface area contributed by atoms with Gasteiger partial charge in [-0.1, -0.05) is 0 Å². The average Bonchev–Trinajstić information content (AvgIpc) is 2.47. The van der Waals surface area contributed by atoms with Crippen molar-refractivity contribution in [2.24, 2.45) is 0 Å². The van der Waals surface area contributed by atoms with Crippen molar-refractivity contribution in [1.82, 2.24) is 0 Å². The molecule has 0 saturated carbocycles. The summed E-state index contributed by atoms with van der Waals surface area (Å²) in [5.41, 5.74) is 1.27. The highest BCUT2D eigenvalue weighted by molar-refractivity contribution is 5.95. The minimum absolute atomic E-state index is 0.121. The second kappa shape index (κ2) is 9.17. The van der Waals surface area contributed by atoms with Crippen molar-refractivity contribution in [3.8, 4) is 0 Å². The smallest absolute Gasteiger partial charge is 0.335 e. The molecule has 1 aromatic rings. The van der Waals surface area contributed by atoms with E-state index in [1.165, 1.54) is 12.1 Å². The summed E-state index contributed by atoms with van der Waals surface area (Å²) in [6.07, 6.45) is 0.718. The number of carboxylic acids is 2. The molecule has 0 atom stereocenters. The van der Waals surface area contributed by atoms with Gasteiger partial charge in [0.2, 0.25) is 0 Å². The van der Waals surface area contributed by atoms with Crippen molar-refractivity contribution in [2.45, 2.75) is 26.7 Å². The highest BCUT2D eigenvalue weighted by Crippen LogP contribution is 2.22. The van der Waals surface area contributed by atoms with Gasteiger partial charge in [0.1, 0.15) is 0 Å². The fourth-order valence-corrected chi connectivity index (χ4v) is 2.30. The molecule has 0 unspecified atom stereocenters. The summed E-state index contributed by atoms with van der Waals surface area (Å²) in [5, 5.41) is 18.7. The highest BCUT2D eigenvalue weighted by atomic mass is 16.5. The third kappa shape index (κ3) is 4.82. The summed E-state index contributed by atoms with van der Waals surface area (Å²) in [4.78, 5) is 22.8. The predicted octanol–water partition coefficient (Wildman–Crippen LogP) is 2.24. The quantitative estimate of drug-likeness (QED) is 0.644. The molecule has 22 heavy (non-hydrogen) atoms. The number of rotatable bonds is 10. The van der Waals surface area contributed by atoms with Gasteiger partial charge in [0.05, 0.1) is 24.3 Å². The van der Waals surface area contributed by atoms with Crippen molar-refractivity contribution >= 4 is 11.9 Å². The first-order valence-corrected chi connectivity index (χ1v) is 7.29. The van der Waals surface area contributed by atoms with Gasteiger partial charge in [-0.15, -0.1) is 0 Å². The molecule has 6 heteroatoms. The maximum atomic E-state index is 11.4. The number of hydrogen-bond acceptors (Lipinski definition) is 4. The molecule has 0 saturated heterocycles. The van der Waals surface area contributed by atoms with Crippen LogP contribution in [-0.2, 0) is 22.3 Å². The molecule has 6 nitrogen and oxygen atoms in total. The Labute approximate surface area is 129 Å². The van der Waals surface area contributed by atoms with Crippen molar-refractivity contribution < 1.29 is 29.3 Å². The predicted molar refractivity (Wildman–Crippen MR) is 80.8 cm³/mol. The van der Waals surface area contributed by atoms with Crippen LogP contribution < -0.4 is 0 Å². The number of carbonyl (C=O) groups is 2. The van der Waals surface area contributed by atoms with Crippen LogP contribution in [0.1, 0.15) is 45.7 Å². The maximum absolute atomic E-state index is 11.4. The lowest BCUT2D eigenvalue weighted by atomic mass is 9.92. The fraction of sp³-hybridized carbons (Fsp3) is 0.500. The van der Waals surface area contributed by atoms with Crippen LogP contribution in [0.25, 0.3) is 0 Å². The zero-order chi connectivity index (χ0) is 16.5. The van der Waals surface area contributed by atoms with E-state index in [9.17, 15) is 19.8 Å². The molecule has 1 rings (SSSR count). The Morgan fingerprint density at radius 1 is 0.864 bits per heavy atom. The molecule has 0 aromatic heterocycles. The van der Waals surface area contributed by atoms with E-state index in [1.54, 1.807) is 0 Å². The first-order chi connectivity index (χ1) is 10.5. The number of ether oxygens (including phenoxy) is 2. The zero-order valence-electron chi connectivity index (χ0n) is 12.9. The molecule has 0 aliphatic rings. The van der Waals surface area contributed by atoms with Crippen LogP contribution in [0.4, 0.5) is 0 Å². The van der Waals surface area contributed by atoms with E-state index in [0.29, 0.717) is 50.4 Å². The van der Waals surface area contributed by atoms with Gasteiger partial charge in [-0.3, -0.25) is 0 Å². The summed E-state index contributed by atoms with van der Waals surface area (Å²) in [6, 6.07) is 2.69. The molecule has 0 fully saturated rings. The molecule has 2 N–H and O–H groups in total. The molecule has 1 aromatic carbocycles. The van der Waals surface area contributed by atoms with Gasteiger partial charge < -0.3 is 19.7 Å². The largest absolute Gasteiger partial charge is 0.478 e. The van der Waals surface area contributed by atoms with Crippen molar-refractivity contribution in [2.75, 3.05) is 26.4 Å². The van der Waals surface area contributed by atoms with E-state index >= 15 is 0 Å². The molecule has 0 aliphatic carbocycles. The summed E-state index contributed by atoms with van der Waals surface area (Å²) < 4.78 is 10.6. The summed E-state index contributed by atoms with van der Waals surface area (Å²) >= 11 is 0. The SMILES string of the molecule is CCOCCc1c(C(=O)O)ccc(C(=O)O)c1CCOCC. The Morgan fingerprint density at radius 2 is 1.23 bits per heavy atom. The number of carboxylic acid groups (broad SMARTS) is 2. The van der Waals surface area contributed by atoms with Gasteiger partial charge >= 0.3 is 11.9 Å². The number of aromatic carboxylic acids is 2. The second-order valence-corrected chi connectivity index (χ2v) is 4.62. The van der Waals surface area contributed by atoms with E-state index in [2.05, 4.69) is 0 Å². The maximum Gasteiger partial charge on any atom is 0.335 e. The molecular formula is C16H22O6. The third-order valence-corrected chi connectivity index (χ3v) is 3.29. The van der Waals surface area contributed by atoms with Crippen LogP contribution >= 0.6 is 0 Å². The first-order valence-electron chi connectivity index (χ1n) is 7.29. The Balaban J connectivity index is 3.24. The fourth-order valence-electron chi connectivity index (χ4n) is 2.30. The third-order valence-electron chi connectivity index (χ3n) is 3.29. The Bertz CT molecular complexity index is 477. The molecule has 0 radical (unpaired) electrons. The van der Waals surface area contributed by atoms with E-state index in [0.717, 1.165) is 0 Å². The van der Waals surface area contributed by atoms with Crippen LogP contribution in [0.2, 0.25) is 0 Å². The van der Waals surface area contributed by atoms with Gasteiger partial charge in [-0.05, 0) is 49.9 Å². The molecular weight excluding hydrogens is 288 g/mol. The summed E-state index contributed by atoms with van der Waals surface area (Å²) in [7, 11) is 0. The van der Waals surface area contributed by atoms with E-state index in [-0.39, 0.29) is 11.1 Å². The van der Waals surface area contributed by atoms with Crippen LogP contribution in [0.5, 0.6) is 0 Å². The Kier molecular flexibility index (Phi) is 7.56. The Hall–Kier alpha value is -1.92. The lowest BCUT2D eigenvalue weighted by Crippen LogP contribution is -2.15. The zero-order valence-corrected chi connectivity index (χ0v) is 12.9. The van der Waals surface area contributed by atoms with Crippen LogP contribution in [0, 0.1) is 0 Å². The molecule has 0 heterocycles. The molecule has 0 aliphatic heterocycles. The van der Waals surface area contributed by atoms with Gasteiger partial charge in [-0.2, -0.15) is 0 Å². The highest BCUT2D eigenvalue weighted by Gasteiger charge is 2.20. The summed E-state index contributed by atoms with van der Waals surface area (Å²) in [5.74, 6) is -2.14. The Morgan fingerprint density at radius 3 is 1.50 bits per heavy atom. The van der Waals surface area contributed by atoms with Gasteiger partial charge in [-0.25, -0.2) is 9.59 Å². The number of hydrogen-bond donors (Lipinski definition) is 2. The van der Waals surface area contributed by atoms with Gasteiger partial charge in [0.15, 0.2) is 0 Å². The molecule has 0 bridgehead atoms. The average molecular weight is 310 g/mol. The first kappa shape index (κ1) is 18.1. The van der Waals surface area contributed by atoms with Crippen molar-refractivity contribution in [3.05, 3.63) is 34.4 Å². The molecule has 122 valence electrons. The van der Waals surface area contributed by atoms with Crippen molar-refractivity contribution in [1.29, 1.82) is 0 Å². The van der Waals surface area contributed by atoms with Gasteiger partial charge in [0, 0.05) is 13.2 Å². The summed E-state index contributed by atoms with van der Waals surface area (Å²) in [6.45, 7) is 5.44. The van der Waals surface area contributed by atoms with Gasteiger partial charge in [0.25, 0.3) is 0 Å². The van der Waals surface area contributed by atoms with Crippen LogP contribution in [-0.4, -0.2) is 48.6 Å². The molecule has 0 spiro atoms. The van der Waals surface area contributed by atoms with E-state index in [1.807, 2.05) is 13.8 Å². The van der Waals surface area contributed by atoms with Crippen molar-refractivity contribution in [3.63, 3.8) is 0 Å². The topological polar surface area (TPSA) is 93.1 Å². The van der Waals surface area contributed by atoms with Crippen LogP contribution in [0.3, 0.4) is 0 Å². The lowest BCUT2D eigenvalue weighted by Gasteiger charge is -2.15. The van der Waals surface area contributed by atoms with E-state index in [4.69, 9.17) is 9.47 Å². The minimum Gasteiger partial charge on any atom is -0.478 e. The van der Waals surface area contributed by atoms with Crippen LogP contribution in [0.15, 0.2) is 12.1 Å². The lowest BCUT2D eigenvalue weighted by molar-refractivity contribution is 0.0677. The van der Waals surface area contributed by atoms with E-state index < -0.39 is 11.9 Å². The monoisotopic (exact) mass is 310 g/mol. The molecule has 0 amide bonds. The minimum atomic E-state index is -1.07. The second-order valence-electron chi connectivity index (χ2n) is 4.62. The standard InChI is InChI=1S/C16H22O6/c1-3-21-9-7-11-12(8-10-22-4-2)14(16(19)20)6-5-13(11)15(17)18/h5-6H,3-4,7-10H2,1-2H3,(H,17,18)(H,19,20).